The Morgan fingerprint density at radius 2 is 1.76 bits per heavy atom. The van der Waals surface area contributed by atoms with Gasteiger partial charge in [0, 0.05) is 18.2 Å². The molecule has 0 saturated carbocycles. The largest absolute Gasteiger partial charge is 0.493 e. The van der Waals surface area contributed by atoms with Crippen molar-refractivity contribution in [2.75, 3.05) is 47.3 Å². The van der Waals surface area contributed by atoms with Crippen LogP contribution in [0, 0.1) is 0 Å². The monoisotopic (exact) mass is 568 g/mol. The summed E-state index contributed by atoms with van der Waals surface area (Å²) in [5.74, 6) is -0.0358. The highest BCUT2D eigenvalue weighted by molar-refractivity contribution is 6.13. The Balaban J connectivity index is 1.98. The first-order valence-electron chi connectivity index (χ1n) is 13.8. The Labute approximate surface area is 242 Å². The maximum Gasteiger partial charge on any atom is 0.313 e. The molecular weight excluding hydrogens is 528 g/mol. The fraction of sp³-hybridized carbons (Fsp3) is 0.438. The average Bonchev–Trinajstić information content (AvgIpc) is 3.01. The van der Waals surface area contributed by atoms with Crippen LogP contribution >= 0.6 is 0 Å². The molecule has 0 spiro atoms. The smallest absolute Gasteiger partial charge is 0.313 e. The van der Waals surface area contributed by atoms with E-state index in [1.807, 2.05) is 6.92 Å². The van der Waals surface area contributed by atoms with Crippen LogP contribution in [0.1, 0.15) is 60.0 Å². The van der Waals surface area contributed by atoms with E-state index in [0.29, 0.717) is 48.0 Å². The van der Waals surface area contributed by atoms with E-state index >= 15 is 0 Å². The summed E-state index contributed by atoms with van der Waals surface area (Å²) in [5.41, 5.74) is 0.981. The van der Waals surface area contributed by atoms with Crippen molar-refractivity contribution in [1.29, 1.82) is 0 Å². The third-order valence-electron chi connectivity index (χ3n) is 6.54. The van der Waals surface area contributed by atoms with Gasteiger partial charge in [-0.2, -0.15) is 0 Å². The molecule has 0 N–H and O–H groups in total. The normalized spacial score (nSPS) is 15.3. The number of ketones is 1. The lowest BCUT2D eigenvalue weighted by Crippen LogP contribution is -2.24. The van der Waals surface area contributed by atoms with Crippen molar-refractivity contribution >= 4 is 11.8 Å². The van der Waals surface area contributed by atoms with E-state index in [1.54, 1.807) is 42.5 Å². The standard InChI is InChI=1S/C32H40O9/c1-6-14-37-23-20-25(24(8-3)32(34)36-5)30(28(21-23)38-15-7-2)31(33)22-12-13-26(35-4)27(19-22)39-17-18-41-29-11-9-10-16-40-29/h6-7,12-13,19-21,24,29H,1-2,8-11,14-18H2,3-5H3. The lowest BCUT2D eigenvalue weighted by atomic mass is 9.87. The number of ether oxygens (including phenoxy) is 7. The van der Waals surface area contributed by atoms with Crippen LogP contribution in [0.25, 0.3) is 0 Å². The fourth-order valence-corrected chi connectivity index (χ4v) is 4.53. The number of hydrogen-bond acceptors (Lipinski definition) is 9. The summed E-state index contributed by atoms with van der Waals surface area (Å²) in [6, 6.07) is 8.22. The second-order valence-corrected chi connectivity index (χ2v) is 9.28. The number of benzene rings is 2. The number of methoxy groups -OCH3 is 2. The van der Waals surface area contributed by atoms with Crippen LogP contribution in [0.4, 0.5) is 0 Å². The first-order valence-corrected chi connectivity index (χ1v) is 13.8. The highest BCUT2D eigenvalue weighted by Crippen LogP contribution is 2.38. The van der Waals surface area contributed by atoms with E-state index < -0.39 is 11.9 Å². The molecule has 1 fully saturated rings. The summed E-state index contributed by atoms with van der Waals surface area (Å²) in [6.45, 7) is 10.9. The Morgan fingerprint density at radius 1 is 0.976 bits per heavy atom. The molecule has 0 radical (unpaired) electrons. The van der Waals surface area contributed by atoms with Gasteiger partial charge in [0.25, 0.3) is 0 Å². The van der Waals surface area contributed by atoms with E-state index in [0.717, 1.165) is 19.3 Å². The highest BCUT2D eigenvalue weighted by atomic mass is 16.7. The van der Waals surface area contributed by atoms with Crippen LogP contribution in [-0.2, 0) is 19.0 Å². The molecule has 2 unspecified atom stereocenters. The van der Waals surface area contributed by atoms with Gasteiger partial charge in [0.15, 0.2) is 23.6 Å². The Kier molecular flexibility index (Phi) is 12.7. The summed E-state index contributed by atoms with van der Waals surface area (Å²) < 4.78 is 39.5. The molecule has 2 aromatic rings. The summed E-state index contributed by atoms with van der Waals surface area (Å²) in [5, 5.41) is 0. The molecular formula is C32H40O9. The Morgan fingerprint density at radius 3 is 2.41 bits per heavy atom. The van der Waals surface area contributed by atoms with Crippen LogP contribution < -0.4 is 18.9 Å². The zero-order valence-corrected chi connectivity index (χ0v) is 24.1. The number of esters is 1. The van der Waals surface area contributed by atoms with Crippen molar-refractivity contribution in [3.8, 4) is 23.0 Å². The third-order valence-corrected chi connectivity index (χ3v) is 6.54. The van der Waals surface area contributed by atoms with E-state index in [1.165, 1.54) is 14.2 Å². The molecule has 2 aromatic carbocycles. The summed E-state index contributed by atoms with van der Waals surface area (Å²) in [4.78, 5) is 26.9. The van der Waals surface area contributed by atoms with Gasteiger partial charge in [0.1, 0.15) is 31.3 Å². The zero-order chi connectivity index (χ0) is 29.6. The third kappa shape index (κ3) is 8.58. The predicted octanol–water partition coefficient (Wildman–Crippen LogP) is 5.64. The van der Waals surface area contributed by atoms with Crippen molar-refractivity contribution in [2.45, 2.75) is 44.8 Å². The van der Waals surface area contributed by atoms with Crippen molar-refractivity contribution in [1.82, 2.24) is 0 Å². The maximum atomic E-state index is 14.1. The van der Waals surface area contributed by atoms with Crippen LogP contribution in [0.3, 0.4) is 0 Å². The van der Waals surface area contributed by atoms with Crippen molar-refractivity contribution in [3.63, 3.8) is 0 Å². The van der Waals surface area contributed by atoms with E-state index in [4.69, 9.17) is 33.2 Å². The molecule has 1 saturated heterocycles. The minimum absolute atomic E-state index is 0.140. The lowest BCUT2D eigenvalue weighted by molar-refractivity contribution is -0.165. The van der Waals surface area contributed by atoms with E-state index in [-0.39, 0.29) is 43.2 Å². The SMILES string of the molecule is C=CCOc1cc(OCC=C)c(C(=O)c2ccc(OC)c(OCCOC3CCCCO3)c2)c(C(CC)C(=O)OC)c1. The van der Waals surface area contributed by atoms with Crippen molar-refractivity contribution in [2.24, 2.45) is 0 Å². The topological polar surface area (TPSA) is 98.8 Å². The fourth-order valence-electron chi connectivity index (χ4n) is 4.53. The second-order valence-electron chi connectivity index (χ2n) is 9.28. The minimum Gasteiger partial charge on any atom is -0.493 e. The molecule has 1 aliphatic heterocycles. The first kappa shape index (κ1) is 31.7. The number of hydrogen-bond donors (Lipinski definition) is 0. The molecule has 3 rings (SSSR count). The van der Waals surface area contributed by atoms with E-state index in [9.17, 15) is 9.59 Å². The van der Waals surface area contributed by atoms with Gasteiger partial charge < -0.3 is 33.2 Å². The lowest BCUT2D eigenvalue weighted by Gasteiger charge is -2.23. The molecule has 0 amide bonds. The van der Waals surface area contributed by atoms with E-state index in [2.05, 4.69) is 13.2 Å². The molecule has 0 aromatic heterocycles. The first-order chi connectivity index (χ1) is 20.0. The van der Waals surface area contributed by atoms with Crippen molar-refractivity contribution < 1.29 is 42.7 Å². The van der Waals surface area contributed by atoms with Gasteiger partial charge in [0.2, 0.25) is 0 Å². The minimum atomic E-state index is -0.731. The van der Waals surface area contributed by atoms with Gasteiger partial charge in [-0.15, -0.1) is 0 Å². The number of carbonyl (C=O) groups excluding carboxylic acids is 2. The quantitative estimate of drug-likeness (QED) is 0.104. The van der Waals surface area contributed by atoms with Crippen molar-refractivity contribution in [3.05, 3.63) is 72.3 Å². The molecule has 1 heterocycles. The molecule has 2 atom stereocenters. The summed E-state index contributed by atoms with van der Waals surface area (Å²) >= 11 is 0. The molecule has 41 heavy (non-hydrogen) atoms. The molecule has 1 aliphatic rings. The van der Waals surface area contributed by atoms with Gasteiger partial charge in [-0.05, 0) is 55.5 Å². The van der Waals surface area contributed by atoms with Crippen LogP contribution in [0.15, 0.2) is 55.6 Å². The molecule has 0 aliphatic carbocycles. The van der Waals surface area contributed by atoms with Gasteiger partial charge in [-0.25, -0.2) is 0 Å². The second kappa shape index (κ2) is 16.4. The highest BCUT2D eigenvalue weighted by Gasteiger charge is 2.30. The average molecular weight is 569 g/mol. The zero-order valence-electron chi connectivity index (χ0n) is 24.1. The van der Waals surface area contributed by atoms with Gasteiger partial charge in [-0.1, -0.05) is 32.2 Å². The number of carbonyl (C=O) groups is 2. The van der Waals surface area contributed by atoms with Crippen LogP contribution in [0.5, 0.6) is 23.0 Å². The predicted molar refractivity (Wildman–Crippen MR) is 154 cm³/mol. The Hall–Kier alpha value is -3.82. The van der Waals surface area contributed by atoms with Gasteiger partial charge in [-0.3, -0.25) is 9.59 Å². The number of rotatable bonds is 17. The Bertz CT molecular complexity index is 1180. The summed E-state index contributed by atoms with van der Waals surface area (Å²) in [6.07, 6.45) is 6.30. The molecule has 222 valence electrons. The van der Waals surface area contributed by atoms with Crippen LogP contribution in [-0.4, -0.2) is 65.3 Å². The summed E-state index contributed by atoms with van der Waals surface area (Å²) in [7, 11) is 2.84. The molecule has 0 bridgehead atoms. The van der Waals surface area contributed by atoms with Gasteiger partial charge >= 0.3 is 5.97 Å². The molecule has 9 heteroatoms. The van der Waals surface area contributed by atoms with Gasteiger partial charge in [0.05, 0.1) is 32.3 Å². The van der Waals surface area contributed by atoms with Crippen LogP contribution in [0.2, 0.25) is 0 Å². The molecule has 9 nitrogen and oxygen atoms in total. The maximum absolute atomic E-state index is 14.1.